The molecule has 3 rings (SSSR count). The number of nitrogens with zero attached hydrogens (tertiary/aromatic N) is 3. The number of aryl methyl sites for hydroxylation is 2. The van der Waals surface area contributed by atoms with Crippen LogP contribution in [0.5, 0.6) is 0 Å². The molecule has 8 heteroatoms. The first kappa shape index (κ1) is 20.3. The Morgan fingerprint density at radius 1 is 1.15 bits per heavy atom. The van der Waals surface area contributed by atoms with Crippen molar-refractivity contribution in [2.24, 2.45) is 5.92 Å². The van der Waals surface area contributed by atoms with Crippen LogP contribution in [0.1, 0.15) is 63.3 Å². The zero-order valence-corrected chi connectivity index (χ0v) is 17.5. The van der Waals surface area contributed by atoms with Crippen LogP contribution < -0.4 is 5.32 Å². The molecule has 0 radical (unpaired) electrons. The number of hydrogen-bond donors (Lipinski definition) is 1. The number of rotatable bonds is 6. The van der Waals surface area contributed by atoms with Crippen molar-refractivity contribution < 1.29 is 13.2 Å². The highest BCUT2D eigenvalue weighted by atomic mass is 32.2. The number of piperidine rings is 1. The summed E-state index contributed by atoms with van der Waals surface area (Å²) >= 11 is 0. The fourth-order valence-electron chi connectivity index (χ4n) is 4.20. The van der Waals surface area contributed by atoms with Gasteiger partial charge in [0.1, 0.15) is 4.90 Å². The Morgan fingerprint density at radius 2 is 1.78 bits per heavy atom. The lowest BCUT2D eigenvalue weighted by atomic mass is 10.0. The van der Waals surface area contributed by atoms with E-state index < -0.39 is 10.0 Å². The molecule has 152 valence electrons. The van der Waals surface area contributed by atoms with Crippen LogP contribution in [0.3, 0.4) is 0 Å². The third-order valence-corrected chi connectivity index (χ3v) is 8.08. The molecule has 1 aliphatic carbocycles. The van der Waals surface area contributed by atoms with Gasteiger partial charge < -0.3 is 5.32 Å². The van der Waals surface area contributed by atoms with E-state index in [-0.39, 0.29) is 5.91 Å². The molecule has 1 saturated heterocycles. The van der Waals surface area contributed by atoms with E-state index in [2.05, 4.69) is 17.3 Å². The number of nitrogens with one attached hydrogen (secondary N) is 1. The van der Waals surface area contributed by atoms with Crippen molar-refractivity contribution >= 4 is 15.9 Å². The third kappa shape index (κ3) is 4.54. The van der Waals surface area contributed by atoms with Crippen molar-refractivity contribution in [2.75, 3.05) is 13.1 Å². The molecule has 1 aromatic rings. The summed E-state index contributed by atoms with van der Waals surface area (Å²) in [5.74, 6) is 0.587. The number of hydrogen-bond acceptors (Lipinski definition) is 4. The average Bonchev–Trinajstić information content (AvgIpc) is 3.21. The van der Waals surface area contributed by atoms with E-state index in [0.29, 0.717) is 54.3 Å². The molecule has 1 amide bonds. The standard InChI is InChI=1S/C19H32N4O3S/c1-14-8-11-22(12-9-14)27(25,26)19-15(2)21-23(16(19)3)13-10-18(24)20-17-6-4-5-7-17/h14,17H,4-13H2,1-3H3,(H,20,24). The molecule has 2 aliphatic rings. The normalized spacial score (nSPS) is 20.3. The summed E-state index contributed by atoms with van der Waals surface area (Å²) in [6, 6.07) is 0.301. The Bertz CT molecular complexity index is 773. The minimum atomic E-state index is -3.53. The van der Waals surface area contributed by atoms with E-state index in [1.54, 1.807) is 22.8 Å². The lowest BCUT2D eigenvalue weighted by Gasteiger charge is -2.29. The lowest BCUT2D eigenvalue weighted by Crippen LogP contribution is -2.38. The number of amides is 1. The fourth-order valence-corrected chi connectivity index (χ4v) is 6.05. The summed E-state index contributed by atoms with van der Waals surface area (Å²) in [7, 11) is -3.53. The predicted octanol–water partition coefficient (Wildman–Crippen LogP) is 2.37. The molecule has 27 heavy (non-hydrogen) atoms. The Labute approximate surface area is 162 Å². The predicted molar refractivity (Wildman–Crippen MR) is 104 cm³/mol. The second-order valence-corrected chi connectivity index (χ2v) is 9.98. The first-order chi connectivity index (χ1) is 12.8. The highest BCUT2D eigenvalue weighted by molar-refractivity contribution is 7.89. The SMILES string of the molecule is Cc1nn(CCC(=O)NC2CCCC2)c(C)c1S(=O)(=O)N1CCC(C)CC1. The quantitative estimate of drug-likeness (QED) is 0.800. The van der Waals surface area contributed by atoms with Crippen LogP contribution >= 0.6 is 0 Å². The molecule has 1 saturated carbocycles. The van der Waals surface area contributed by atoms with Gasteiger partial charge in [-0.3, -0.25) is 9.48 Å². The van der Waals surface area contributed by atoms with Crippen LogP contribution in [0, 0.1) is 19.8 Å². The van der Waals surface area contributed by atoms with Crippen molar-refractivity contribution in [2.45, 2.75) is 83.2 Å². The van der Waals surface area contributed by atoms with E-state index in [1.807, 2.05) is 0 Å². The molecule has 7 nitrogen and oxygen atoms in total. The van der Waals surface area contributed by atoms with Crippen LogP contribution in [-0.2, 0) is 21.4 Å². The molecule has 0 atom stereocenters. The van der Waals surface area contributed by atoms with Gasteiger partial charge in [-0.15, -0.1) is 0 Å². The molecule has 1 aliphatic heterocycles. The highest BCUT2D eigenvalue weighted by Crippen LogP contribution is 2.27. The molecular weight excluding hydrogens is 364 g/mol. The molecule has 0 bridgehead atoms. The monoisotopic (exact) mass is 396 g/mol. The maximum atomic E-state index is 13.1. The van der Waals surface area contributed by atoms with Crippen molar-refractivity contribution in [1.29, 1.82) is 0 Å². The topological polar surface area (TPSA) is 84.3 Å². The van der Waals surface area contributed by atoms with E-state index in [9.17, 15) is 13.2 Å². The molecule has 2 heterocycles. The second-order valence-electron chi connectivity index (χ2n) is 8.11. The van der Waals surface area contributed by atoms with Gasteiger partial charge in [-0.2, -0.15) is 9.40 Å². The van der Waals surface area contributed by atoms with Gasteiger partial charge in [0.25, 0.3) is 0 Å². The first-order valence-corrected chi connectivity index (χ1v) is 11.6. The van der Waals surface area contributed by atoms with Crippen molar-refractivity contribution in [3.63, 3.8) is 0 Å². The van der Waals surface area contributed by atoms with Crippen LogP contribution in [0.2, 0.25) is 0 Å². The van der Waals surface area contributed by atoms with Crippen LogP contribution in [0.4, 0.5) is 0 Å². The van der Waals surface area contributed by atoms with Gasteiger partial charge in [-0.05, 0) is 45.4 Å². The Balaban J connectivity index is 1.67. The smallest absolute Gasteiger partial charge is 0.246 e. The van der Waals surface area contributed by atoms with Crippen molar-refractivity contribution in [3.8, 4) is 0 Å². The van der Waals surface area contributed by atoms with Gasteiger partial charge >= 0.3 is 0 Å². The minimum Gasteiger partial charge on any atom is -0.353 e. The highest BCUT2D eigenvalue weighted by Gasteiger charge is 2.33. The van der Waals surface area contributed by atoms with Crippen LogP contribution in [0.15, 0.2) is 4.90 Å². The van der Waals surface area contributed by atoms with Crippen molar-refractivity contribution in [1.82, 2.24) is 19.4 Å². The van der Waals surface area contributed by atoms with E-state index in [4.69, 9.17) is 0 Å². The zero-order chi connectivity index (χ0) is 19.6. The molecule has 2 fully saturated rings. The summed E-state index contributed by atoms with van der Waals surface area (Å²) in [6.07, 6.45) is 6.58. The summed E-state index contributed by atoms with van der Waals surface area (Å²) in [5.41, 5.74) is 1.14. The van der Waals surface area contributed by atoms with E-state index in [1.165, 1.54) is 12.8 Å². The van der Waals surface area contributed by atoms with Gasteiger partial charge in [-0.25, -0.2) is 8.42 Å². The van der Waals surface area contributed by atoms with Gasteiger partial charge in [0.05, 0.1) is 17.9 Å². The van der Waals surface area contributed by atoms with Gasteiger partial charge in [0, 0.05) is 25.6 Å². The van der Waals surface area contributed by atoms with E-state index >= 15 is 0 Å². The summed E-state index contributed by atoms with van der Waals surface area (Å²) < 4.78 is 29.5. The Kier molecular flexibility index (Phi) is 6.25. The fraction of sp³-hybridized carbons (Fsp3) is 0.789. The molecule has 1 aromatic heterocycles. The molecule has 0 unspecified atom stereocenters. The van der Waals surface area contributed by atoms with Crippen LogP contribution in [0.25, 0.3) is 0 Å². The largest absolute Gasteiger partial charge is 0.353 e. The summed E-state index contributed by atoms with van der Waals surface area (Å²) in [5, 5.41) is 7.49. The first-order valence-electron chi connectivity index (χ1n) is 10.1. The number of carbonyl (C=O) groups is 1. The lowest BCUT2D eigenvalue weighted by molar-refractivity contribution is -0.122. The van der Waals surface area contributed by atoms with E-state index in [0.717, 1.165) is 25.7 Å². The molecule has 1 N–H and O–H groups in total. The molecular formula is C19H32N4O3S. The number of carbonyl (C=O) groups excluding carboxylic acids is 1. The van der Waals surface area contributed by atoms with Gasteiger partial charge in [0.15, 0.2) is 0 Å². The van der Waals surface area contributed by atoms with Gasteiger partial charge in [-0.1, -0.05) is 19.8 Å². The summed E-state index contributed by atoms with van der Waals surface area (Å²) in [4.78, 5) is 12.5. The maximum Gasteiger partial charge on any atom is 0.246 e. The zero-order valence-electron chi connectivity index (χ0n) is 16.7. The number of sulfonamides is 1. The van der Waals surface area contributed by atoms with Gasteiger partial charge in [0.2, 0.25) is 15.9 Å². The summed E-state index contributed by atoms with van der Waals surface area (Å²) in [6.45, 7) is 7.22. The average molecular weight is 397 g/mol. The molecule has 0 aromatic carbocycles. The minimum absolute atomic E-state index is 0.0175. The third-order valence-electron chi connectivity index (χ3n) is 5.93. The van der Waals surface area contributed by atoms with Crippen molar-refractivity contribution in [3.05, 3.63) is 11.4 Å². The Hall–Kier alpha value is -1.41. The Morgan fingerprint density at radius 3 is 2.41 bits per heavy atom. The van der Waals surface area contributed by atoms with Crippen LogP contribution in [-0.4, -0.2) is 47.5 Å². The second kappa shape index (κ2) is 8.31. The maximum absolute atomic E-state index is 13.1. The number of aromatic nitrogens is 2. The molecule has 0 spiro atoms.